The summed E-state index contributed by atoms with van der Waals surface area (Å²) in [5.41, 5.74) is 2.98. The van der Waals surface area contributed by atoms with Gasteiger partial charge in [0.25, 0.3) is 5.56 Å². The van der Waals surface area contributed by atoms with E-state index in [0.717, 1.165) is 49.7 Å². The van der Waals surface area contributed by atoms with Crippen LogP contribution < -0.4 is 19.8 Å². The van der Waals surface area contributed by atoms with E-state index in [1.165, 1.54) is 24.0 Å². The molecule has 1 aromatic heterocycles. The number of fused-ring (bicyclic) bond motifs is 1. The van der Waals surface area contributed by atoms with Gasteiger partial charge < -0.3 is 19.2 Å². The van der Waals surface area contributed by atoms with Crippen molar-refractivity contribution >= 4 is 10.9 Å². The predicted octanol–water partition coefficient (Wildman–Crippen LogP) is 7.74. The van der Waals surface area contributed by atoms with Crippen molar-refractivity contribution in [3.63, 3.8) is 0 Å². The van der Waals surface area contributed by atoms with Gasteiger partial charge in [-0.1, -0.05) is 56.8 Å². The van der Waals surface area contributed by atoms with Crippen molar-refractivity contribution < 1.29 is 14.2 Å². The van der Waals surface area contributed by atoms with Crippen LogP contribution in [0.1, 0.15) is 86.0 Å². The molecule has 2 aromatic rings. The lowest BCUT2D eigenvalue weighted by atomic mass is 10.1. The average Bonchev–Trinajstić information content (AvgIpc) is 2.80. The first-order chi connectivity index (χ1) is 16.5. The van der Waals surface area contributed by atoms with E-state index in [0.29, 0.717) is 31.1 Å². The van der Waals surface area contributed by atoms with Gasteiger partial charge in [0.15, 0.2) is 5.75 Å². The van der Waals surface area contributed by atoms with E-state index >= 15 is 0 Å². The molecular weight excluding hydrogens is 426 g/mol. The van der Waals surface area contributed by atoms with Crippen LogP contribution in [-0.4, -0.2) is 24.8 Å². The lowest BCUT2D eigenvalue weighted by molar-refractivity contribution is 0.277. The zero-order valence-electron chi connectivity index (χ0n) is 21.8. The molecule has 188 valence electrons. The van der Waals surface area contributed by atoms with Crippen molar-refractivity contribution in [3.05, 3.63) is 51.9 Å². The minimum atomic E-state index is -0.280. The third-order valence-electron chi connectivity index (χ3n) is 5.66. The third-order valence-corrected chi connectivity index (χ3v) is 5.66. The van der Waals surface area contributed by atoms with Crippen LogP contribution in [0.25, 0.3) is 10.9 Å². The summed E-state index contributed by atoms with van der Waals surface area (Å²) < 4.78 is 17.9. The molecule has 0 aliphatic heterocycles. The standard InChI is InChI=1S/C29H43NO4/c1-6-8-10-11-19-33-27-25-16-15-24(32-18-9-7-2)21-26(25)30-29(31)28(27)34-20-17-23(5)14-12-13-22(3)4/h13,15-17,21H,6-12,14,18-20H2,1-5H3,(H,30,31)/b23-17+. The quantitative estimate of drug-likeness (QED) is 0.202. The van der Waals surface area contributed by atoms with Gasteiger partial charge in [-0.2, -0.15) is 0 Å². The van der Waals surface area contributed by atoms with Crippen LogP contribution in [0, 0.1) is 0 Å². The largest absolute Gasteiger partial charge is 0.494 e. The van der Waals surface area contributed by atoms with Crippen molar-refractivity contribution in [2.45, 2.75) is 86.0 Å². The highest BCUT2D eigenvalue weighted by Crippen LogP contribution is 2.33. The molecule has 0 aliphatic rings. The molecule has 0 aliphatic carbocycles. The summed E-state index contributed by atoms with van der Waals surface area (Å²) in [5, 5.41) is 0.831. The van der Waals surface area contributed by atoms with Crippen molar-refractivity contribution in [2.75, 3.05) is 19.8 Å². The molecule has 5 heteroatoms. The third kappa shape index (κ3) is 9.28. The number of rotatable bonds is 16. The van der Waals surface area contributed by atoms with Crippen molar-refractivity contribution in [1.29, 1.82) is 0 Å². The van der Waals surface area contributed by atoms with Gasteiger partial charge in [0.1, 0.15) is 12.4 Å². The molecule has 0 saturated carbocycles. The summed E-state index contributed by atoms with van der Waals surface area (Å²) in [6.45, 7) is 12.2. The average molecular weight is 470 g/mol. The summed E-state index contributed by atoms with van der Waals surface area (Å²) in [6, 6.07) is 5.74. The highest BCUT2D eigenvalue weighted by Gasteiger charge is 2.16. The molecule has 0 unspecified atom stereocenters. The van der Waals surface area contributed by atoms with E-state index in [1.54, 1.807) is 0 Å². The zero-order chi connectivity index (χ0) is 24.8. The molecule has 1 heterocycles. The molecule has 0 amide bonds. The predicted molar refractivity (Wildman–Crippen MR) is 143 cm³/mol. The Labute approximate surface area is 205 Å². The van der Waals surface area contributed by atoms with E-state index in [1.807, 2.05) is 24.3 Å². The molecule has 0 atom stereocenters. The summed E-state index contributed by atoms with van der Waals surface area (Å²) in [7, 11) is 0. The van der Waals surface area contributed by atoms with Crippen molar-refractivity contribution in [2.24, 2.45) is 0 Å². The molecule has 0 fully saturated rings. The lowest BCUT2D eigenvalue weighted by Crippen LogP contribution is -2.14. The van der Waals surface area contributed by atoms with Crippen LogP contribution >= 0.6 is 0 Å². The fourth-order valence-electron chi connectivity index (χ4n) is 3.59. The second-order valence-electron chi connectivity index (χ2n) is 9.11. The Hall–Kier alpha value is -2.69. The fourth-order valence-corrected chi connectivity index (χ4v) is 3.59. The molecule has 0 radical (unpaired) electrons. The van der Waals surface area contributed by atoms with Gasteiger partial charge in [-0.05, 0) is 64.7 Å². The van der Waals surface area contributed by atoms with Crippen LogP contribution in [0.5, 0.6) is 17.2 Å². The second-order valence-corrected chi connectivity index (χ2v) is 9.11. The van der Waals surface area contributed by atoms with Gasteiger partial charge >= 0.3 is 0 Å². The monoisotopic (exact) mass is 469 g/mol. The second kappa shape index (κ2) is 15.3. The van der Waals surface area contributed by atoms with E-state index in [9.17, 15) is 4.79 Å². The number of benzene rings is 1. The Kier molecular flexibility index (Phi) is 12.4. The van der Waals surface area contributed by atoms with E-state index in [-0.39, 0.29) is 11.3 Å². The summed E-state index contributed by atoms with van der Waals surface area (Å²) >= 11 is 0. The Bertz CT molecular complexity index is 999. The number of hydrogen-bond acceptors (Lipinski definition) is 4. The number of allylic oxidation sites excluding steroid dienone is 3. The van der Waals surface area contributed by atoms with Gasteiger partial charge in [-0.3, -0.25) is 4.79 Å². The number of H-pyrrole nitrogens is 1. The van der Waals surface area contributed by atoms with Crippen LogP contribution in [0.3, 0.4) is 0 Å². The van der Waals surface area contributed by atoms with Gasteiger partial charge in [-0.25, -0.2) is 0 Å². The van der Waals surface area contributed by atoms with Crippen LogP contribution in [0.4, 0.5) is 0 Å². The maximum Gasteiger partial charge on any atom is 0.294 e. The Morgan fingerprint density at radius 2 is 1.65 bits per heavy atom. The van der Waals surface area contributed by atoms with Crippen molar-refractivity contribution in [3.8, 4) is 17.2 Å². The smallest absolute Gasteiger partial charge is 0.294 e. The number of pyridine rings is 1. The Balaban J connectivity index is 2.23. The van der Waals surface area contributed by atoms with Gasteiger partial charge in [0, 0.05) is 11.5 Å². The van der Waals surface area contributed by atoms with Crippen LogP contribution in [-0.2, 0) is 0 Å². The van der Waals surface area contributed by atoms with E-state index in [2.05, 4.69) is 45.7 Å². The number of hydrogen-bond donors (Lipinski definition) is 1. The molecule has 0 spiro atoms. The molecular formula is C29H43NO4. The number of aromatic nitrogens is 1. The van der Waals surface area contributed by atoms with Gasteiger partial charge in [-0.15, -0.1) is 0 Å². The van der Waals surface area contributed by atoms with Crippen LogP contribution in [0.2, 0.25) is 0 Å². The Morgan fingerprint density at radius 1 is 0.882 bits per heavy atom. The van der Waals surface area contributed by atoms with Crippen molar-refractivity contribution in [1.82, 2.24) is 4.98 Å². The molecule has 1 N–H and O–H groups in total. The van der Waals surface area contributed by atoms with Crippen LogP contribution in [0.15, 0.2) is 46.3 Å². The number of ether oxygens (including phenoxy) is 3. The molecule has 5 nitrogen and oxygen atoms in total. The minimum absolute atomic E-state index is 0.246. The molecule has 2 rings (SSSR count). The maximum atomic E-state index is 13.0. The lowest BCUT2D eigenvalue weighted by Gasteiger charge is -2.15. The minimum Gasteiger partial charge on any atom is -0.494 e. The number of unbranched alkanes of at least 4 members (excludes halogenated alkanes) is 4. The van der Waals surface area contributed by atoms with E-state index in [4.69, 9.17) is 14.2 Å². The Morgan fingerprint density at radius 3 is 2.38 bits per heavy atom. The normalized spacial score (nSPS) is 11.5. The first kappa shape index (κ1) is 27.6. The van der Waals surface area contributed by atoms with Gasteiger partial charge in [0.05, 0.1) is 18.7 Å². The van der Waals surface area contributed by atoms with E-state index < -0.39 is 0 Å². The number of aromatic amines is 1. The number of nitrogens with one attached hydrogen (secondary N) is 1. The summed E-state index contributed by atoms with van der Waals surface area (Å²) in [6.07, 6.45) is 12.7. The molecule has 0 saturated heterocycles. The zero-order valence-corrected chi connectivity index (χ0v) is 21.8. The highest BCUT2D eigenvalue weighted by atomic mass is 16.5. The first-order valence-corrected chi connectivity index (χ1v) is 12.8. The topological polar surface area (TPSA) is 60.5 Å². The molecule has 34 heavy (non-hydrogen) atoms. The summed E-state index contributed by atoms with van der Waals surface area (Å²) in [4.78, 5) is 15.9. The molecule has 1 aromatic carbocycles. The SMILES string of the molecule is CCCCCCOc1c(OC/C=C(\C)CCC=C(C)C)c(=O)[nH]c2cc(OCCCC)ccc12. The summed E-state index contributed by atoms with van der Waals surface area (Å²) in [5.74, 6) is 1.51. The fraction of sp³-hybridized carbons (Fsp3) is 0.552. The first-order valence-electron chi connectivity index (χ1n) is 12.8. The maximum absolute atomic E-state index is 13.0. The highest BCUT2D eigenvalue weighted by molar-refractivity contribution is 5.88. The van der Waals surface area contributed by atoms with Gasteiger partial charge in [0.2, 0.25) is 5.75 Å². The molecule has 0 bridgehead atoms.